The molecule has 0 aliphatic heterocycles. The van der Waals surface area contributed by atoms with E-state index in [0.29, 0.717) is 5.75 Å². The second kappa shape index (κ2) is 4.94. The van der Waals surface area contributed by atoms with E-state index in [1.165, 1.54) is 0 Å². The summed E-state index contributed by atoms with van der Waals surface area (Å²) in [4.78, 5) is 0. The Bertz CT molecular complexity index is 447. The van der Waals surface area contributed by atoms with E-state index >= 15 is 0 Å². The predicted octanol–water partition coefficient (Wildman–Crippen LogP) is 3.18. The summed E-state index contributed by atoms with van der Waals surface area (Å²) >= 11 is 0. The van der Waals surface area contributed by atoms with Crippen LogP contribution in [0.1, 0.15) is 6.92 Å². The van der Waals surface area contributed by atoms with E-state index in [2.05, 4.69) is 12.3 Å². The molecule has 1 nitrogen and oxygen atoms in total. The Hall–Kier alpha value is -1.94. The quantitative estimate of drug-likeness (QED) is 0.623. The fraction of sp³-hybridized carbons (Fsp3) is 0.0769. The zero-order chi connectivity index (χ0) is 10.4. The van der Waals surface area contributed by atoms with Crippen molar-refractivity contribution in [2.75, 3.05) is 0 Å². The van der Waals surface area contributed by atoms with Gasteiger partial charge in [0.15, 0.2) is 0 Å². The van der Waals surface area contributed by atoms with Crippen LogP contribution in [0.2, 0.25) is 0 Å². The van der Waals surface area contributed by atoms with Crippen LogP contribution >= 0.6 is 0 Å². The van der Waals surface area contributed by atoms with Gasteiger partial charge in [0.25, 0.3) is 0 Å². The summed E-state index contributed by atoms with van der Waals surface area (Å²) in [5, 5.41) is 11.4. The van der Waals surface area contributed by atoms with E-state index in [1.807, 2.05) is 36.4 Å². The Balaban J connectivity index is 0.000000293. The molecule has 0 aliphatic rings. The Labute approximate surface area is 84.0 Å². The number of phenolic OH excluding ortho intramolecular Hbond substituents is 1. The van der Waals surface area contributed by atoms with Crippen molar-refractivity contribution in [3.8, 4) is 18.1 Å². The first kappa shape index (κ1) is 10.1. The van der Waals surface area contributed by atoms with Gasteiger partial charge in [0.2, 0.25) is 0 Å². The van der Waals surface area contributed by atoms with Crippen molar-refractivity contribution < 1.29 is 5.11 Å². The molecule has 0 bridgehead atoms. The van der Waals surface area contributed by atoms with Crippen molar-refractivity contribution >= 4 is 10.8 Å². The van der Waals surface area contributed by atoms with Crippen molar-refractivity contribution in [2.45, 2.75) is 6.92 Å². The molecule has 0 aromatic heterocycles. The normalized spacial score (nSPS) is 8.57. The third-order valence-corrected chi connectivity index (χ3v) is 1.77. The number of phenols is 1. The number of hydrogen-bond donors (Lipinski definition) is 1. The standard InChI is InChI=1S/C10H8O.C3H4/c11-10-7-3-5-8-4-1-2-6-9(8)10;1-3-2/h1-7,11H;1H,2H3. The summed E-state index contributed by atoms with van der Waals surface area (Å²) in [6.07, 6.45) is 4.60. The van der Waals surface area contributed by atoms with Gasteiger partial charge in [-0.25, -0.2) is 0 Å². The molecule has 2 aromatic carbocycles. The van der Waals surface area contributed by atoms with Crippen LogP contribution in [0.25, 0.3) is 10.8 Å². The maximum Gasteiger partial charge on any atom is 0.123 e. The number of aromatic hydroxyl groups is 1. The zero-order valence-corrected chi connectivity index (χ0v) is 8.07. The van der Waals surface area contributed by atoms with Gasteiger partial charge in [-0.05, 0) is 18.4 Å². The number of benzene rings is 2. The second-order valence-electron chi connectivity index (χ2n) is 2.79. The largest absolute Gasteiger partial charge is 0.507 e. The van der Waals surface area contributed by atoms with Gasteiger partial charge in [-0.15, -0.1) is 12.3 Å². The summed E-state index contributed by atoms with van der Waals surface area (Å²) in [5.74, 6) is 2.60. The van der Waals surface area contributed by atoms with Gasteiger partial charge in [0, 0.05) is 5.39 Å². The molecule has 0 saturated heterocycles. The lowest BCUT2D eigenvalue weighted by molar-refractivity contribution is 0.481. The minimum absolute atomic E-state index is 0.350. The Morgan fingerprint density at radius 3 is 2.29 bits per heavy atom. The minimum atomic E-state index is 0.350. The number of fused-ring (bicyclic) bond motifs is 1. The molecule has 0 amide bonds. The molecule has 0 saturated carbocycles. The summed E-state index contributed by atoms with van der Waals surface area (Å²) < 4.78 is 0. The molecular formula is C13H12O. The highest BCUT2D eigenvalue weighted by atomic mass is 16.3. The molecule has 0 radical (unpaired) electrons. The summed E-state index contributed by atoms with van der Waals surface area (Å²) in [5.41, 5.74) is 0. The van der Waals surface area contributed by atoms with E-state index in [0.717, 1.165) is 10.8 Å². The molecule has 0 aliphatic carbocycles. The molecule has 14 heavy (non-hydrogen) atoms. The molecule has 1 heteroatoms. The predicted molar refractivity (Wildman–Crippen MR) is 60.1 cm³/mol. The van der Waals surface area contributed by atoms with Crippen molar-refractivity contribution in [2.24, 2.45) is 0 Å². The summed E-state index contributed by atoms with van der Waals surface area (Å²) in [6, 6.07) is 13.3. The fourth-order valence-corrected chi connectivity index (χ4v) is 1.21. The van der Waals surface area contributed by atoms with Gasteiger partial charge in [-0.3, -0.25) is 0 Å². The van der Waals surface area contributed by atoms with Gasteiger partial charge >= 0.3 is 0 Å². The van der Waals surface area contributed by atoms with Crippen LogP contribution in [0.5, 0.6) is 5.75 Å². The van der Waals surface area contributed by atoms with Crippen molar-refractivity contribution in [1.29, 1.82) is 0 Å². The fourth-order valence-electron chi connectivity index (χ4n) is 1.21. The average Bonchev–Trinajstić information content (AvgIpc) is 2.20. The van der Waals surface area contributed by atoms with Gasteiger partial charge in [0.1, 0.15) is 5.75 Å². The van der Waals surface area contributed by atoms with Crippen molar-refractivity contribution in [3.63, 3.8) is 0 Å². The molecule has 0 fully saturated rings. The van der Waals surface area contributed by atoms with Crippen molar-refractivity contribution in [1.82, 2.24) is 0 Å². The molecule has 0 heterocycles. The Kier molecular flexibility index (Phi) is 3.58. The first-order valence-corrected chi connectivity index (χ1v) is 4.33. The van der Waals surface area contributed by atoms with Crippen LogP contribution in [0.4, 0.5) is 0 Å². The van der Waals surface area contributed by atoms with E-state index in [4.69, 9.17) is 0 Å². The SMILES string of the molecule is C#CC.Oc1cccc2ccccc12. The number of rotatable bonds is 0. The highest BCUT2D eigenvalue weighted by Gasteiger charge is 1.94. The highest BCUT2D eigenvalue weighted by molar-refractivity contribution is 5.87. The second-order valence-corrected chi connectivity index (χ2v) is 2.79. The topological polar surface area (TPSA) is 20.2 Å². The van der Waals surface area contributed by atoms with Gasteiger partial charge in [0.05, 0.1) is 0 Å². The van der Waals surface area contributed by atoms with Crippen LogP contribution in [0.15, 0.2) is 42.5 Å². The van der Waals surface area contributed by atoms with Crippen LogP contribution < -0.4 is 0 Å². The van der Waals surface area contributed by atoms with E-state index in [-0.39, 0.29) is 0 Å². The van der Waals surface area contributed by atoms with Gasteiger partial charge in [-0.1, -0.05) is 36.4 Å². The maximum absolute atomic E-state index is 9.37. The number of terminal acetylenes is 1. The first-order valence-electron chi connectivity index (χ1n) is 4.33. The summed E-state index contributed by atoms with van der Waals surface area (Å²) in [7, 11) is 0. The monoisotopic (exact) mass is 184 g/mol. The molecular weight excluding hydrogens is 172 g/mol. The zero-order valence-electron chi connectivity index (χ0n) is 8.07. The van der Waals surface area contributed by atoms with Gasteiger partial charge < -0.3 is 5.11 Å². The van der Waals surface area contributed by atoms with Crippen LogP contribution in [0, 0.1) is 12.3 Å². The molecule has 0 unspecified atom stereocenters. The van der Waals surface area contributed by atoms with Gasteiger partial charge in [-0.2, -0.15) is 0 Å². The molecule has 0 spiro atoms. The Morgan fingerprint density at radius 1 is 1.07 bits per heavy atom. The van der Waals surface area contributed by atoms with E-state index in [1.54, 1.807) is 13.0 Å². The molecule has 2 aromatic rings. The van der Waals surface area contributed by atoms with Crippen molar-refractivity contribution in [3.05, 3.63) is 42.5 Å². The number of hydrogen-bond acceptors (Lipinski definition) is 1. The third kappa shape index (κ3) is 2.27. The molecule has 2 rings (SSSR count). The van der Waals surface area contributed by atoms with Crippen LogP contribution in [0.3, 0.4) is 0 Å². The third-order valence-electron chi connectivity index (χ3n) is 1.77. The lowest BCUT2D eigenvalue weighted by atomic mass is 10.1. The highest BCUT2D eigenvalue weighted by Crippen LogP contribution is 2.22. The Morgan fingerprint density at radius 2 is 1.64 bits per heavy atom. The minimum Gasteiger partial charge on any atom is -0.507 e. The lowest BCUT2D eigenvalue weighted by Crippen LogP contribution is -1.70. The molecule has 1 N–H and O–H groups in total. The van der Waals surface area contributed by atoms with E-state index < -0.39 is 0 Å². The van der Waals surface area contributed by atoms with Crippen LogP contribution in [-0.4, -0.2) is 5.11 Å². The summed E-state index contributed by atoms with van der Waals surface area (Å²) in [6.45, 7) is 1.65. The first-order chi connectivity index (χ1) is 6.79. The molecule has 0 atom stereocenters. The lowest BCUT2D eigenvalue weighted by Gasteiger charge is -1.97. The van der Waals surface area contributed by atoms with E-state index in [9.17, 15) is 5.11 Å². The van der Waals surface area contributed by atoms with Crippen LogP contribution in [-0.2, 0) is 0 Å². The smallest absolute Gasteiger partial charge is 0.123 e. The maximum atomic E-state index is 9.37. The average molecular weight is 184 g/mol. The molecule has 70 valence electrons.